The van der Waals surface area contributed by atoms with Gasteiger partial charge in [0.1, 0.15) is 11.4 Å². The topological polar surface area (TPSA) is 111 Å². The molecule has 2 aliphatic heterocycles. The lowest BCUT2D eigenvalue weighted by Crippen LogP contribution is -2.56. The molecular weight excluding hydrogens is 338 g/mol. The minimum Gasteiger partial charge on any atom is -0.481 e. The van der Waals surface area contributed by atoms with Crippen LogP contribution in [0.4, 0.5) is 5.82 Å². The smallest absolute Gasteiger partial charge is 0.339 e. The Bertz CT molecular complexity index is 783. The van der Waals surface area contributed by atoms with E-state index in [4.69, 9.17) is 0 Å². The van der Waals surface area contributed by atoms with Crippen LogP contribution in [0.2, 0.25) is 0 Å². The van der Waals surface area contributed by atoms with Crippen molar-refractivity contribution < 1.29 is 24.6 Å². The quantitative estimate of drug-likeness (QED) is 0.834. The number of aromatic carboxylic acids is 1. The minimum absolute atomic E-state index is 0.0218. The maximum atomic E-state index is 12.1. The number of carbonyl (C=O) groups excluding carboxylic acids is 1. The maximum Gasteiger partial charge on any atom is 0.339 e. The van der Waals surface area contributed by atoms with E-state index in [0.717, 1.165) is 5.69 Å². The van der Waals surface area contributed by atoms with Gasteiger partial charge in [-0.3, -0.25) is 9.59 Å². The van der Waals surface area contributed by atoms with Crippen LogP contribution in [0.15, 0.2) is 6.07 Å². The number of hydrogen-bond acceptors (Lipinski definition) is 5. The number of nitrogens with zero attached hydrogens (tertiary/aromatic N) is 3. The van der Waals surface area contributed by atoms with Crippen molar-refractivity contribution in [2.75, 3.05) is 25.0 Å². The van der Waals surface area contributed by atoms with Crippen LogP contribution < -0.4 is 4.90 Å². The molecule has 0 aromatic carbocycles. The van der Waals surface area contributed by atoms with Gasteiger partial charge in [-0.25, -0.2) is 9.78 Å². The van der Waals surface area contributed by atoms with Gasteiger partial charge in [0.25, 0.3) is 0 Å². The van der Waals surface area contributed by atoms with Gasteiger partial charge in [0.05, 0.1) is 11.5 Å². The van der Waals surface area contributed by atoms with Gasteiger partial charge in [-0.1, -0.05) is 0 Å². The van der Waals surface area contributed by atoms with Crippen molar-refractivity contribution in [3.8, 4) is 0 Å². The summed E-state index contributed by atoms with van der Waals surface area (Å²) in [5.74, 6) is -2.44. The fraction of sp³-hybridized carbons (Fsp3) is 0.556. The standard InChI is InChI=1S/C18H23N3O5/c1-10-8-11(2)19-15(14(10)17(25)26)21-6-4-18(5-7-21)12(16(23)24)9-13(22)20(18)3/h8,12H,4-7,9H2,1-3H3,(H,23,24)(H,25,26)/t12-/m0/s1. The number of amides is 1. The fourth-order valence-corrected chi connectivity index (χ4v) is 4.40. The predicted molar refractivity (Wildman–Crippen MR) is 93.4 cm³/mol. The summed E-state index contributed by atoms with van der Waals surface area (Å²) in [5, 5.41) is 19.1. The van der Waals surface area contributed by atoms with Gasteiger partial charge in [-0.15, -0.1) is 0 Å². The molecule has 1 aromatic heterocycles. The molecule has 8 nitrogen and oxygen atoms in total. The van der Waals surface area contributed by atoms with Gasteiger partial charge in [-0.05, 0) is 38.3 Å². The van der Waals surface area contributed by atoms with E-state index < -0.39 is 23.4 Å². The first kappa shape index (κ1) is 18.2. The summed E-state index contributed by atoms with van der Waals surface area (Å²) in [5.41, 5.74) is 0.857. The van der Waals surface area contributed by atoms with Crippen LogP contribution in [0.5, 0.6) is 0 Å². The molecule has 26 heavy (non-hydrogen) atoms. The first-order valence-electron chi connectivity index (χ1n) is 8.63. The summed E-state index contributed by atoms with van der Waals surface area (Å²) in [6.07, 6.45) is 0.966. The third kappa shape index (κ3) is 2.69. The number of carboxylic acid groups (broad SMARTS) is 2. The Kier molecular flexibility index (Phi) is 4.37. The summed E-state index contributed by atoms with van der Waals surface area (Å²) >= 11 is 0. The number of piperidine rings is 1. The second-order valence-electron chi connectivity index (χ2n) is 7.22. The van der Waals surface area contributed by atoms with E-state index in [1.165, 1.54) is 0 Å². The van der Waals surface area contributed by atoms with E-state index >= 15 is 0 Å². The summed E-state index contributed by atoms with van der Waals surface area (Å²) < 4.78 is 0. The highest BCUT2D eigenvalue weighted by Gasteiger charge is 2.55. The Hall–Kier alpha value is -2.64. The van der Waals surface area contributed by atoms with Crippen molar-refractivity contribution in [2.45, 2.75) is 38.6 Å². The normalized spacial score (nSPS) is 22.1. The largest absolute Gasteiger partial charge is 0.481 e. The Morgan fingerprint density at radius 1 is 1.23 bits per heavy atom. The molecule has 1 spiro atoms. The van der Waals surface area contributed by atoms with Crippen molar-refractivity contribution in [3.05, 3.63) is 22.9 Å². The molecule has 0 unspecified atom stereocenters. The first-order chi connectivity index (χ1) is 12.2. The van der Waals surface area contributed by atoms with Crippen LogP contribution in [0.3, 0.4) is 0 Å². The Balaban J connectivity index is 1.91. The third-order valence-electron chi connectivity index (χ3n) is 5.84. The molecule has 2 N–H and O–H groups in total. The fourth-order valence-electron chi connectivity index (χ4n) is 4.40. The van der Waals surface area contributed by atoms with Crippen molar-refractivity contribution >= 4 is 23.7 Å². The minimum atomic E-state index is -1.03. The van der Waals surface area contributed by atoms with Crippen LogP contribution >= 0.6 is 0 Å². The van der Waals surface area contributed by atoms with Gasteiger partial charge in [0.2, 0.25) is 5.91 Å². The molecule has 1 aromatic rings. The molecule has 2 fully saturated rings. The average molecular weight is 361 g/mol. The van der Waals surface area contributed by atoms with E-state index in [-0.39, 0.29) is 17.9 Å². The first-order valence-corrected chi connectivity index (χ1v) is 8.63. The van der Waals surface area contributed by atoms with Crippen LogP contribution in [-0.4, -0.2) is 63.6 Å². The van der Waals surface area contributed by atoms with Crippen LogP contribution in [0.25, 0.3) is 0 Å². The zero-order valence-electron chi connectivity index (χ0n) is 15.2. The zero-order valence-corrected chi connectivity index (χ0v) is 15.2. The van der Waals surface area contributed by atoms with Gasteiger partial charge in [0.15, 0.2) is 0 Å². The van der Waals surface area contributed by atoms with Gasteiger partial charge < -0.3 is 20.0 Å². The highest BCUT2D eigenvalue weighted by molar-refractivity contribution is 5.95. The van der Waals surface area contributed by atoms with Crippen LogP contribution in [-0.2, 0) is 9.59 Å². The molecule has 0 saturated carbocycles. The average Bonchev–Trinajstić information content (AvgIpc) is 2.80. The summed E-state index contributed by atoms with van der Waals surface area (Å²) in [6.45, 7) is 4.48. The van der Waals surface area contributed by atoms with Crippen LogP contribution in [0, 0.1) is 19.8 Å². The van der Waals surface area contributed by atoms with E-state index in [2.05, 4.69) is 4.98 Å². The van der Waals surface area contributed by atoms with E-state index in [9.17, 15) is 24.6 Å². The monoisotopic (exact) mass is 361 g/mol. The second-order valence-corrected chi connectivity index (χ2v) is 7.22. The van der Waals surface area contributed by atoms with Gasteiger partial charge >= 0.3 is 11.9 Å². The lowest BCUT2D eigenvalue weighted by atomic mass is 9.77. The number of likely N-dealkylation sites (tertiary alicyclic amines) is 1. The number of pyridine rings is 1. The highest BCUT2D eigenvalue weighted by Crippen LogP contribution is 2.43. The predicted octanol–water partition coefficient (Wildman–Crippen LogP) is 1.30. The number of hydrogen-bond donors (Lipinski definition) is 2. The van der Waals surface area contributed by atoms with Crippen molar-refractivity contribution in [1.82, 2.24) is 9.88 Å². The molecule has 3 rings (SSSR count). The molecule has 1 atom stereocenters. The summed E-state index contributed by atoms with van der Waals surface area (Å²) in [7, 11) is 1.67. The summed E-state index contributed by atoms with van der Waals surface area (Å²) in [6, 6.07) is 1.74. The third-order valence-corrected chi connectivity index (χ3v) is 5.84. The second kappa shape index (κ2) is 6.26. The van der Waals surface area contributed by atoms with Crippen molar-refractivity contribution in [3.63, 3.8) is 0 Å². The van der Waals surface area contributed by atoms with E-state index in [0.29, 0.717) is 37.3 Å². The zero-order chi connectivity index (χ0) is 19.2. The molecule has 2 saturated heterocycles. The van der Waals surface area contributed by atoms with Crippen molar-refractivity contribution in [2.24, 2.45) is 5.92 Å². The van der Waals surface area contributed by atoms with E-state index in [1.54, 1.807) is 24.9 Å². The van der Waals surface area contributed by atoms with Crippen molar-refractivity contribution in [1.29, 1.82) is 0 Å². The Labute approximate surface area is 151 Å². The molecular formula is C18H23N3O5. The number of rotatable bonds is 3. The van der Waals surface area contributed by atoms with Gasteiger partial charge in [0, 0.05) is 32.3 Å². The lowest BCUT2D eigenvalue weighted by molar-refractivity contribution is -0.145. The molecule has 2 aliphatic rings. The molecule has 0 radical (unpaired) electrons. The highest BCUT2D eigenvalue weighted by atomic mass is 16.4. The SMILES string of the molecule is Cc1cc(C)c(C(=O)O)c(N2CCC3(CC2)[C@H](C(=O)O)CC(=O)N3C)n1. The Morgan fingerprint density at radius 3 is 2.38 bits per heavy atom. The number of carboxylic acids is 2. The number of carbonyl (C=O) groups is 3. The number of anilines is 1. The lowest BCUT2D eigenvalue weighted by Gasteiger charge is -2.46. The molecule has 8 heteroatoms. The summed E-state index contributed by atoms with van der Waals surface area (Å²) in [4.78, 5) is 43.4. The number of aryl methyl sites for hydroxylation is 2. The maximum absolute atomic E-state index is 12.1. The Morgan fingerprint density at radius 2 is 1.85 bits per heavy atom. The van der Waals surface area contributed by atoms with Crippen LogP contribution in [0.1, 0.15) is 40.9 Å². The van der Waals surface area contributed by atoms with Gasteiger partial charge in [-0.2, -0.15) is 0 Å². The molecule has 3 heterocycles. The molecule has 0 aliphatic carbocycles. The van der Waals surface area contributed by atoms with E-state index in [1.807, 2.05) is 11.8 Å². The number of aliphatic carboxylic acids is 1. The molecule has 140 valence electrons. The molecule has 0 bridgehead atoms. The number of aromatic nitrogens is 1. The molecule has 1 amide bonds.